The van der Waals surface area contributed by atoms with Crippen LogP contribution in [0.25, 0.3) is 0 Å². The number of halogens is 1. The van der Waals surface area contributed by atoms with Crippen LogP contribution < -0.4 is 15.8 Å². The van der Waals surface area contributed by atoms with Crippen molar-refractivity contribution in [3.05, 3.63) is 57.6 Å². The van der Waals surface area contributed by atoms with Crippen molar-refractivity contribution in [3.63, 3.8) is 0 Å². The predicted octanol–water partition coefficient (Wildman–Crippen LogP) is 3.32. The van der Waals surface area contributed by atoms with E-state index in [1.807, 2.05) is 0 Å². The molecule has 0 radical (unpaired) electrons. The molecule has 3 N–H and O–H groups in total. The van der Waals surface area contributed by atoms with Gasteiger partial charge in [0.1, 0.15) is 18.0 Å². The van der Waals surface area contributed by atoms with Gasteiger partial charge in [0.2, 0.25) is 0 Å². The summed E-state index contributed by atoms with van der Waals surface area (Å²) in [6.07, 6.45) is 0. The second-order valence-corrected chi connectivity index (χ2v) is 4.65. The topological polar surface area (TPSA) is 90.4 Å². The smallest absolute Gasteiger partial charge is 0.293 e. The van der Waals surface area contributed by atoms with E-state index in [2.05, 4.69) is 5.32 Å². The highest BCUT2D eigenvalue weighted by Gasteiger charge is 2.15. The summed E-state index contributed by atoms with van der Waals surface area (Å²) in [5.41, 5.74) is 6.48. The molecule has 0 amide bonds. The summed E-state index contributed by atoms with van der Waals surface area (Å²) in [6, 6.07) is 11.6. The number of rotatable bonds is 6. The molecule has 0 atom stereocenters. The van der Waals surface area contributed by atoms with Gasteiger partial charge in [-0.25, -0.2) is 0 Å². The Bertz CT molecular complexity index is 649. The molecule has 7 heteroatoms. The van der Waals surface area contributed by atoms with E-state index in [9.17, 15) is 10.1 Å². The van der Waals surface area contributed by atoms with Gasteiger partial charge in [-0.15, -0.1) is 0 Å². The van der Waals surface area contributed by atoms with E-state index >= 15 is 0 Å². The minimum Gasteiger partial charge on any atom is -0.492 e. The predicted molar refractivity (Wildman–Crippen MR) is 82.9 cm³/mol. The summed E-state index contributed by atoms with van der Waals surface area (Å²) in [4.78, 5) is 10.4. The van der Waals surface area contributed by atoms with Crippen LogP contribution in [0.4, 0.5) is 17.1 Å². The first kappa shape index (κ1) is 14.9. The lowest BCUT2D eigenvalue weighted by molar-refractivity contribution is -0.383. The van der Waals surface area contributed by atoms with Gasteiger partial charge in [-0.1, -0.05) is 23.7 Å². The largest absolute Gasteiger partial charge is 0.492 e. The molecular weight excluding hydrogens is 294 g/mol. The van der Waals surface area contributed by atoms with Crippen molar-refractivity contribution >= 4 is 28.7 Å². The average molecular weight is 308 g/mol. The maximum Gasteiger partial charge on any atom is 0.293 e. The Hall–Kier alpha value is -2.47. The third-order valence-corrected chi connectivity index (χ3v) is 3.03. The summed E-state index contributed by atoms with van der Waals surface area (Å²) in [6.45, 7) is 0.700. The normalized spacial score (nSPS) is 10.1. The number of hydrogen-bond donors (Lipinski definition) is 2. The molecule has 2 rings (SSSR count). The summed E-state index contributed by atoms with van der Waals surface area (Å²) in [5.74, 6) is 0.644. The summed E-state index contributed by atoms with van der Waals surface area (Å²) in [7, 11) is 0. The third-order valence-electron chi connectivity index (χ3n) is 2.72. The van der Waals surface area contributed by atoms with E-state index in [0.717, 1.165) is 0 Å². The Labute approximate surface area is 126 Å². The lowest BCUT2D eigenvalue weighted by atomic mass is 10.2. The van der Waals surface area contributed by atoms with Gasteiger partial charge in [0.15, 0.2) is 0 Å². The molecule has 0 fully saturated rings. The Kier molecular flexibility index (Phi) is 4.84. The van der Waals surface area contributed by atoms with E-state index in [1.54, 1.807) is 30.3 Å². The van der Waals surface area contributed by atoms with Crippen LogP contribution in [0.5, 0.6) is 5.75 Å². The van der Waals surface area contributed by atoms with E-state index in [1.165, 1.54) is 12.1 Å². The Morgan fingerprint density at radius 2 is 2.05 bits per heavy atom. The van der Waals surface area contributed by atoms with Crippen molar-refractivity contribution in [2.75, 3.05) is 24.2 Å². The standard InChI is InChI=1S/C14H14ClN3O3/c15-12-5-2-6-13(18(19)20)14(12)17-7-8-21-11-4-1-3-10(16)9-11/h1-6,9,17H,7-8,16H2. The molecule has 0 bridgehead atoms. The number of benzene rings is 2. The fourth-order valence-corrected chi connectivity index (χ4v) is 2.03. The number of nitrogens with zero attached hydrogens (tertiary/aromatic N) is 1. The number of nitro benzene ring substituents is 1. The van der Waals surface area contributed by atoms with E-state index in [-0.39, 0.29) is 5.69 Å². The highest BCUT2D eigenvalue weighted by Crippen LogP contribution is 2.31. The molecule has 2 aromatic rings. The van der Waals surface area contributed by atoms with Crippen LogP contribution in [-0.2, 0) is 0 Å². The van der Waals surface area contributed by atoms with Crippen LogP contribution in [0.2, 0.25) is 5.02 Å². The minimum atomic E-state index is -0.479. The zero-order valence-electron chi connectivity index (χ0n) is 11.1. The molecule has 6 nitrogen and oxygen atoms in total. The number of nitrogens with two attached hydrogens (primary N) is 1. The maximum atomic E-state index is 10.9. The summed E-state index contributed by atoms with van der Waals surface area (Å²) >= 11 is 5.97. The molecule has 0 spiro atoms. The molecule has 0 unspecified atom stereocenters. The van der Waals surface area contributed by atoms with Crippen molar-refractivity contribution < 1.29 is 9.66 Å². The van der Waals surface area contributed by atoms with Gasteiger partial charge in [0.05, 0.1) is 9.95 Å². The average Bonchev–Trinajstić information content (AvgIpc) is 2.44. The first-order valence-electron chi connectivity index (χ1n) is 6.23. The zero-order valence-corrected chi connectivity index (χ0v) is 11.8. The van der Waals surface area contributed by atoms with Gasteiger partial charge in [-0.3, -0.25) is 10.1 Å². The number of ether oxygens (including phenoxy) is 1. The van der Waals surface area contributed by atoms with E-state index < -0.39 is 4.92 Å². The third kappa shape index (κ3) is 4.00. The summed E-state index contributed by atoms with van der Waals surface area (Å²) in [5, 5.41) is 14.1. The molecule has 0 saturated heterocycles. The van der Waals surface area contributed by atoms with Gasteiger partial charge in [-0.05, 0) is 18.2 Å². The van der Waals surface area contributed by atoms with Crippen molar-refractivity contribution in [2.24, 2.45) is 0 Å². The SMILES string of the molecule is Nc1cccc(OCCNc2c(Cl)cccc2[N+](=O)[O-])c1. The van der Waals surface area contributed by atoms with Crippen molar-refractivity contribution in [3.8, 4) is 5.75 Å². The van der Waals surface area contributed by atoms with Gasteiger partial charge >= 0.3 is 0 Å². The minimum absolute atomic E-state index is 0.0635. The number of nitro groups is 1. The zero-order chi connectivity index (χ0) is 15.2. The molecule has 0 aromatic heterocycles. The maximum absolute atomic E-state index is 10.9. The number of hydrogen-bond acceptors (Lipinski definition) is 5. The van der Waals surface area contributed by atoms with Crippen LogP contribution in [0, 0.1) is 10.1 Å². The first-order chi connectivity index (χ1) is 10.1. The van der Waals surface area contributed by atoms with Gasteiger partial charge in [-0.2, -0.15) is 0 Å². The fraction of sp³-hybridized carbons (Fsp3) is 0.143. The van der Waals surface area contributed by atoms with E-state index in [0.29, 0.717) is 35.3 Å². The Morgan fingerprint density at radius 3 is 2.76 bits per heavy atom. The van der Waals surface area contributed by atoms with Gasteiger partial charge < -0.3 is 15.8 Å². The molecule has 0 aliphatic rings. The van der Waals surface area contributed by atoms with Crippen molar-refractivity contribution in [2.45, 2.75) is 0 Å². The van der Waals surface area contributed by atoms with Crippen LogP contribution in [0.3, 0.4) is 0 Å². The monoisotopic (exact) mass is 307 g/mol. The molecule has 0 heterocycles. The molecular formula is C14H14ClN3O3. The van der Waals surface area contributed by atoms with Crippen LogP contribution in [-0.4, -0.2) is 18.1 Å². The number of para-hydroxylation sites is 1. The second kappa shape index (κ2) is 6.81. The van der Waals surface area contributed by atoms with Crippen molar-refractivity contribution in [1.82, 2.24) is 0 Å². The lowest BCUT2D eigenvalue weighted by Crippen LogP contribution is -2.12. The Balaban J connectivity index is 1.93. The molecule has 0 aliphatic heterocycles. The molecule has 0 aliphatic carbocycles. The molecule has 0 saturated carbocycles. The second-order valence-electron chi connectivity index (χ2n) is 4.24. The number of anilines is 2. The number of nitrogen functional groups attached to an aromatic ring is 1. The number of nitrogens with one attached hydrogen (secondary N) is 1. The van der Waals surface area contributed by atoms with Crippen LogP contribution in [0.1, 0.15) is 0 Å². The quantitative estimate of drug-likeness (QED) is 0.370. The summed E-state index contributed by atoms with van der Waals surface area (Å²) < 4.78 is 5.49. The molecule has 21 heavy (non-hydrogen) atoms. The van der Waals surface area contributed by atoms with Gasteiger partial charge in [0.25, 0.3) is 5.69 Å². The van der Waals surface area contributed by atoms with Gasteiger partial charge in [0, 0.05) is 24.4 Å². The van der Waals surface area contributed by atoms with Crippen LogP contribution in [0.15, 0.2) is 42.5 Å². The lowest BCUT2D eigenvalue weighted by Gasteiger charge is -2.10. The Morgan fingerprint density at radius 1 is 1.29 bits per heavy atom. The highest BCUT2D eigenvalue weighted by atomic mass is 35.5. The molecule has 110 valence electrons. The fourth-order valence-electron chi connectivity index (χ4n) is 1.79. The molecule has 2 aromatic carbocycles. The van der Waals surface area contributed by atoms with Crippen molar-refractivity contribution in [1.29, 1.82) is 0 Å². The highest BCUT2D eigenvalue weighted by molar-refractivity contribution is 6.33. The first-order valence-corrected chi connectivity index (χ1v) is 6.61. The van der Waals surface area contributed by atoms with Crippen LogP contribution >= 0.6 is 11.6 Å². The van der Waals surface area contributed by atoms with E-state index in [4.69, 9.17) is 22.1 Å².